The molecule has 2 aromatic rings. The average Bonchev–Trinajstić information content (AvgIpc) is 2.52. The Kier molecular flexibility index (Phi) is 5.21. The fourth-order valence-electron chi connectivity index (χ4n) is 1.91. The summed E-state index contributed by atoms with van der Waals surface area (Å²) in [5.41, 5.74) is -1.32. The standard InChI is InChI=1S/C18H9F7/c1-10-2-4-11(5-3-10)16(21)17(22)12-8-14(19)13(15(20)9-12)6-7-18(23,24)25/h2-5,8-9H,1H3/b17-16+. The second kappa shape index (κ2) is 7.01. The lowest BCUT2D eigenvalue weighted by Crippen LogP contribution is -2.02. The molecule has 0 nitrogen and oxygen atoms in total. The van der Waals surface area contributed by atoms with Crippen molar-refractivity contribution in [3.8, 4) is 11.8 Å². The number of hydrogen-bond donors (Lipinski definition) is 0. The van der Waals surface area contributed by atoms with Crippen molar-refractivity contribution in [1.29, 1.82) is 0 Å². The molecular weight excluding hydrogens is 349 g/mol. The summed E-state index contributed by atoms with van der Waals surface area (Å²) in [6, 6.07) is 6.35. The number of rotatable bonds is 2. The van der Waals surface area contributed by atoms with Crippen molar-refractivity contribution in [1.82, 2.24) is 0 Å². The zero-order valence-electron chi connectivity index (χ0n) is 12.6. The lowest BCUT2D eigenvalue weighted by Gasteiger charge is -2.05. The van der Waals surface area contributed by atoms with Crippen LogP contribution in [0.1, 0.15) is 22.3 Å². The highest BCUT2D eigenvalue weighted by Crippen LogP contribution is 2.30. The highest BCUT2D eigenvalue weighted by Gasteiger charge is 2.24. The first-order chi connectivity index (χ1) is 11.6. The van der Waals surface area contributed by atoms with Gasteiger partial charge >= 0.3 is 6.18 Å². The SMILES string of the molecule is Cc1ccc(/C(F)=C(\F)c2cc(F)c(C#CC(F)(F)F)c(F)c2)cc1. The van der Waals surface area contributed by atoms with E-state index < -0.39 is 40.6 Å². The zero-order valence-corrected chi connectivity index (χ0v) is 12.6. The van der Waals surface area contributed by atoms with E-state index in [0.717, 1.165) is 5.56 Å². The smallest absolute Gasteiger partial charge is 0.205 e. The number of alkyl halides is 3. The number of benzene rings is 2. The molecule has 2 rings (SSSR count). The molecule has 130 valence electrons. The van der Waals surface area contributed by atoms with Crippen LogP contribution in [-0.2, 0) is 0 Å². The van der Waals surface area contributed by atoms with Gasteiger partial charge in [0.2, 0.25) is 0 Å². The second-order valence-electron chi connectivity index (χ2n) is 5.06. The van der Waals surface area contributed by atoms with Crippen LogP contribution in [0.4, 0.5) is 30.7 Å². The van der Waals surface area contributed by atoms with Gasteiger partial charge in [0.1, 0.15) is 11.6 Å². The molecule has 0 atom stereocenters. The van der Waals surface area contributed by atoms with Crippen molar-refractivity contribution in [2.24, 2.45) is 0 Å². The summed E-state index contributed by atoms with van der Waals surface area (Å²) in [5.74, 6) is -3.95. The van der Waals surface area contributed by atoms with Crippen molar-refractivity contribution in [3.63, 3.8) is 0 Å². The third kappa shape index (κ3) is 4.63. The summed E-state index contributed by atoms with van der Waals surface area (Å²) < 4.78 is 91.7. The molecule has 0 saturated carbocycles. The maximum Gasteiger partial charge on any atom is 0.458 e. The molecule has 0 aliphatic rings. The van der Waals surface area contributed by atoms with Gasteiger partial charge < -0.3 is 0 Å². The molecule has 0 aliphatic carbocycles. The third-order valence-corrected chi connectivity index (χ3v) is 3.12. The quantitative estimate of drug-likeness (QED) is 0.353. The van der Waals surface area contributed by atoms with Gasteiger partial charge in [0.15, 0.2) is 11.7 Å². The fourth-order valence-corrected chi connectivity index (χ4v) is 1.91. The zero-order chi connectivity index (χ0) is 18.8. The Morgan fingerprint density at radius 1 is 0.840 bits per heavy atom. The number of aryl methyl sites for hydroxylation is 1. The van der Waals surface area contributed by atoms with Gasteiger partial charge in [-0.2, -0.15) is 13.2 Å². The maximum absolute atomic E-state index is 14.1. The molecule has 0 spiro atoms. The van der Waals surface area contributed by atoms with E-state index in [4.69, 9.17) is 0 Å². The maximum atomic E-state index is 14.1. The molecule has 0 aliphatic heterocycles. The van der Waals surface area contributed by atoms with Crippen LogP contribution in [-0.4, -0.2) is 6.18 Å². The van der Waals surface area contributed by atoms with Crippen LogP contribution in [0.15, 0.2) is 36.4 Å². The summed E-state index contributed by atoms with van der Waals surface area (Å²) in [6.45, 7) is 1.73. The van der Waals surface area contributed by atoms with Gasteiger partial charge in [0.05, 0.1) is 5.56 Å². The van der Waals surface area contributed by atoms with Crippen LogP contribution in [0.3, 0.4) is 0 Å². The molecule has 7 heteroatoms. The van der Waals surface area contributed by atoms with E-state index in [-0.39, 0.29) is 5.56 Å². The first kappa shape index (κ1) is 18.6. The number of hydrogen-bond acceptors (Lipinski definition) is 0. The van der Waals surface area contributed by atoms with Crippen molar-refractivity contribution in [3.05, 3.63) is 70.3 Å². The predicted octanol–water partition coefficient (Wildman–Crippen LogP) is 5.95. The van der Waals surface area contributed by atoms with Crippen LogP contribution in [0.25, 0.3) is 11.7 Å². The van der Waals surface area contributed by atoms with Crippen LogP contribution >= 0.6 is 0 Å². The van der Waals surface area contributed by atoms with Crippen LogP contribution in [0.2, 0.25) is 0 Å². The van der Waals surface area contributed by atoms with E-state index in [1.54, 1.807) is 6.92 Å². The first-order valence-electron chi connectivity index (χ1n) is 6.80. The van der Waals surface area contributed by atoms with E-state index in [2.05, 4.69) is 0 Å². The predicted molar refractivity (Wildman–Crippen MR) is 79.5 cm³/mol. The van der Waals surface area contributed by atoms with Gasteiger partial charge in [-0.15, -0.1) is 0 Å². The van der Waals surface area contributed by atoms with Crippen LogP contribution in [0, 0.1) is 30.4 Å². The van der Waals surface area contributed by atoms with Gasteiger partial charge in [-0.05, 0) is 19.1 Å². The Hall–Kier alpha value is -2.75. The topological polar surface area (TPSA) is 0 Å². The first-order valence-corrected chi connectivity index (χ1v) is 6.80. The highest BCUT2D eigenvalue weighted by molar-refractivity contribution is 5.83. The molecule has 0 N–H and O–H groups in total. The van der Waals surface area contributed by atoms with Crippen molar-refractivity contribution in [2.75, 3.05) is 0 Å². The van der Waals surface area contributed by atoms with E-state index in [9.17, 15) is 30.7 Å². The van der Waals surface area contributed by atoms with Crippen molar-refractivity contribution >= 4 is 11.7 Å². The van der Waals surface area contributed by atoms with Gasteiger partial charge in [0.25, 0.3) is 0 Å². The third-order valence-electron chi connectivity index (χ3n) is 3.12. The minimum absolute atomic E-state index is 0.148. The van der Waals surface area contributed by atoms with E-state index in [1.807, 2.05) is 0 Å². The summed E-state index contributed by atoms with van der Waals surface area (Å²) >= 11 is 0. The van der Waals surface area contributed by atoms with Crippen LogP contribution in [0.5, 0.6) is 0 Å². The Labute approximate surface area is 138 Å². The molecule has 0 heterocycles. The van der Waals surface area contributed by atoms with E-state index in [1.165, 1.54) is 30.2 Å². The minimum Gasteiger partial charge on any atom is -0.205 e. The Bertz CT molecular complexity index is 855. The molecule has 0 unspecified atom stereocenters. The normalized spacial score (nSPS) is 12.3. The lowest BCUT2D eigenvalue weighted by atomic mass is 10.1. The molecule has 2 aromatic carbocycles. The molecule has 0 radical (unpaired) electrons. The summed E-state index contributed by atoms with van der Waals surface area (Å²) in [7, 11) is 0. The second-order valence-corrected chi connectivity index (χ2v) is 5.06. The van der Waals surface area contributed by atoms with Gasteiger partial charge in [-0.1, -0.05) is 35.7 Å². The molecule has 0 fully saturated rings. The summed E-state index contributed by atoms with van der Waals surface area (Å²) in [6.07, 6.45) is -4.94. The fraction of sp³-hybridized carbons (Fsp3) is 0.111. The Balaban J connectivity index is 2.48. The van der Waals surface area contributed by atoms with E-state index in [0.29, 0.717) is 18.1 Å². The monoisotopic (exact) mass is 358 g/mol. The molecule has 0 amide bonds. The van der Waals surface area contributed by atoms with Crippen LogP contribution < -0.4 is 0 Å². The van der Waals surface area contributed by atoms with Gasteiger partial charge in [-0.3, -0.25) is 0 Å². The number of halogens is 7. The van der Waals surface area contributed by atoms with E-state index >= 15 is 0 Å². The molecule has 0 aromatic heterocycles. The molecule has 25 heavy (non-hydrogen) atoms. The molecule has 0 saturated heterocycles. The summed E-state index contributed by atoms with van der Waals surface area (Å²) in [5, 5.41) is 0. The molecular formula is C18H9F7. The molecule has 0 bridgehead atoms. The average molecular weight is 358 g/mol. The van der Waals surface area contributed by atoms with Crippen molar-refractivity contribution < 1.29 is 30.7 Å². The highest BCUT2D eigenvalue weighted by atomic mass is 19.4. The van der Waals surface area contributed by atoms with Gasteiger partial charge in [-0.25, -0.2) is 17.6 Å². The Morgan fingerprint density at radius 3 is 1.80 bits per heavy atom. The van der Waals surface area contributed by atoms with Crippen molar-refractivity contribution in [2.45, 2.75) is 13.1 Å². The lowest BCUT2D eigenvalue weighted by molar-refractivity contribution is -0.0696. The Morgan fingerprint density at radius 2 is 1.32 bits per heavy atom. The van der Waals surface area contributed by atoms with Gasteiger partial charge in [0, 0.05) is 17.0 Å². The minimum atomic E-state index is -4.94. The summed E-state index contributed by atoms with van der Waals surface area (Å²) in [4.78, 5) is 0. The largest absolute Gasteiger partial charge is 0.458 e.